The first-order valence-electron chi connectivity index (χ1n) is 8.38. The highest BCUT2D eigenvalue weighted by Crippen LogP contribution is 2.36. The normalized spacial score (nSPS) is 12.9. The van der Waals surface area contributed by atoms with Gasteiger partial charge in [-0.3, -0.25) is 0 Å². The average Bonchev–Trinajstić information content (AvgIpc) is 2.84. The third kappa shape index (κ3) is 3.10. The van der Waals surface area contributed by atoms with Crippen molar-refractivity contribution in [3.63, 3.8) is 0 Å². The van der Waals surface area contributed by atoms with Gasteiger partial charge in [0.2, 0.25) is 0 Å². The van der Waals surface area contributed by atoms with Gasteiger partial charge in [-0.25, -0.2) is 24.9 Å². The summed E-state index contributed by atoms with van der Waals surface area (Å²) in [6.07, 6.45) is 1.14. The van der Waals surface area contributed by atoms with Gasteiger partial charge in [0.15, 0.2) is 28.5 Å². The molecule has 2 aromatic heterocycles. The van der Waals surface area contributed by atoms with Gasteiger partial charge >= 0.3 is 0 Å². The fourth-order valence-corrected chi connectivity index (χ4v) is 2.72. The zero-order valence-electron chi connectivity index (χ0n) is 15.9. The summed E-state index contributed by atoms with van der Waals surface area (Å²) in [7, 11) is 0. The molecule has 32 heavy (non-hydrogen) atoms. The monoisotopic (exact) mass is 411 g/mol. The first-order chi connectivity index (χ1) is 15.5. The van der Waals surface area contributed by atoms with Gasteiger partial charge in [0.25, 0.3) is 0 Å². The van der Waals surface area contributed by atoms with E-state index < -0.39 is 0 Å². The molecule has 0 radical (unpaired) electrons. The van der Waals surface area contributed by atoms with E-state index in [1.54, 1.807) is 36.4 Å². The van der Waals surface area contributed by atoms with Crippen LogP contribution in [-0.2, 0) is 0 Å². The van der Waals surface area contributed by atoms with E-state index in [-0.39, 0.29) is 68.1 Å². The molecular weight excluding hydrogens is 406 g/mol. The molecule has 144 valence electrons. The van der Waals surface area contributed by atoms with Crippen molar-refractivity contribution >= 4 is 11.3 Å². The minimum Gasteiger partial charge on any atom is -0.233 e. The van der Waals surface area contributed by atoms with Gasteiger partial charge in [-0.15, -0.1) is 0 Å². The number of nitriles is 6. The lowest BCUT2D eigenvalue weighted by atomic mass is 9.92. The van der Waals surface area contributed by atoms with Crippen LogP contribution < -0.4 is 0 Å². The predicted molar refractivity (Wildman–Crippen MR) is 106 cm³/mol. The van der Waals surface area contributed by atoms with E-state index in [4.69, 9.17) is 0 Å². The second-order valence-corrected chi connectivity index (χ2v) is 5.81. The number of aliphatic imine (C=N–C) groups is 1. The molecule has 2 aromatic rings. The molecule has 3 rings (SSSR count). The summed E-state index contributed by atoms with van der Waals surface area (Å²) in [6.45, 7) is 7.35. The van der Waals surface area contributed by atoms with Crippen molar-refractivity contribution in [1.29, 1.82) is 31.6 Å². The number of aromatic nitrogens is 4. The summed E-state index contributed by atoms with van der Waals surface area (Å²) < 4.78 is 0. The fraction of sp³-hybridized carbons (Fsp3) is 0. The Bertz CT molecular complexity index is 1560. The van der Waals surface area contributed by atoms with Crippen LogP contribution in [0.3, 0.4) is 0 Å². The number of hydrogen-bond acceptors (Lipinski definition) is 11. The van der Waals surface area contributed by atoms with E-state index in [1.807, 2.05) is 0 Å². The van der Waals surface area contributed by atoms with Crippen molar-refractivity contribution in [3.05, 3.63) is 64.7 Å². The smallest absolute Gasteiger partial charge is 0.177 e. The van der Waals surface area contributed by atoms with Gasteiger partial charge in [0.1, 0.15) is 64.9 Å². The van der Waals surface area contributed by atoms with Crippen LogP contribution in [0.4, 0.5) is 0 Å². The van der Waals surface area contributed by atoms with Crippen LogP contribution in [0, 0.1) is 68.0 Å². The molecule has 0 aliphatic heterocycles. The largest absolute Gasteiger partial charge is 0.233 e. The van der Waals surface area contributed by atoms with Crippen LogP contribution in [0.1, 0.15) is 34.2 Å². The van der Waals surface area contributed by atoms with Crippen LogP contribution in [-0.4, -0.2) is 25.6 Å². The van der Waals surface area contributed by atoms with Crippen LogP contribution in [0.5, 0.6) is 0 Å². The first kappa shape index (κ1) is 20.7. The van der Waals surface area contributed by atoms with Crippen molar-refractivity contribution < 1.29 is 0 Å². The maximum absolute atomic E-state index is 9.47. The molecule has 0 saturated carbocycles. The van der Waals surface area contributed by atoms with Crippen molar-refractivity contribution in [3.8, 4) is 47.8 Å². The number of allylic oxidation sites excluding steroid dienone is 4. The first-order valence-corrected chi connectivity index (χ1v) is 8.38. The SMILES string of the molecule is C=C/C(C#N)=C(C#N)\N=C1/C(=C)c2nc(C#N)c(C#N)nc2-c2nc(C#N)c(C#N)nc21. The van der Waals surface area contributed by atoms with Crippen molar-refractivity contribution in [1.82, 2.24) is 19.9 Å². The van der Waals surface area contributed by atoms with E-state index in [0.29, 0.717) is 0 Å². The van der Waals surface area contributed by atoms with Gasteiger partial charge in [0.05, 0.1) is 5.57 Å². The quantitative estimate of drug-likeness (QED) is 0.516. The van der Waals surface area contributed by atoms with Gasteiger partial charge < -0.3 is 0 Å². The third-order valence-corrected chi connectivity index (χ3v) is 4.14. The van der Waals surface area contributed by atoms with Gasteiger partial charge in [-0.2, -0.15) is 31.6 Å². The Balaban J connectivity index is 2.52. The van der Waals surface area contributed by atoms with Crippen molar-refractivity contribution in [2.75, 3.05) is 0 Å². The lowest BCUT2D eigenvalue weighted by molar-refractivity contribution is 1.05. The second-order valence-electron chi connectivity index (χ2n) is 5.81. The molecule has 0 saturated heterocycles. The maximum atomic E-state index is 9.47. The lowest BCUT2D eigenvalue weighted by Gasteiger charge is -2.21. The van der Waals surface area contributed by atoms with Crippen molar-refractivity contribution in [2.24, 2.45) is 4.99 Å². The Morgan fingerprint density at radius 1 is 0.688 bits per heavy atom. The molecule has 0 unspecified atom stereocenters. The summed E-state index contributed by atoms with van der Waals surface area (Å²) in [6, 6.07) is 10.6. The zero-order chi connectivity index (χ0) is 23.4. The molecule has 11 nitrogen and oxygen atoms in total. The minimum absolute atomic E-state index is 0.000274. The zero-order valence-corrected chi connectivity index (χ0v) is 15.9. The van der Waals surface area contributed by atoms with E-state index >= 15 is 0 Å². The van der Waals surface area contributed by atoms with Gasteiger partial charge in [-0.05, 0) is 6.08 Å². The molecule has 0 amide bonds. The molecule has 1 aliphatic carbocycles. The Hall–Kier alpha value is -6.01. The van der Waals surface area contributed by atoms with Crippen LogP contribution in [0.25, 0.3) is 17.0 Å². The molecule has 0 fully saturated rings. The average molecular weight is 411 g/mol. The topological polar surface area (TPSA) is 207 Å². The van der Waals surface area contributed by atoms with Gasteiger partial charge in [-0.1, -0.05) is 13.2 Å². The highest BCUT2D eigenvalue weighted by Gasteiger charge is 2.33. The number of hydrogen-bond donors (Lipinski definition) is 0. The Kier molecular flexibility index (Phi) is 5.28. The van der Waals surface area contributed by atoms with Gasteiger partial charge in [0, 0.05) is 5.57 Å². The van der Waals surface area contributed by atoms with E-state index in [9.17, 15) is 31.6 Å². The summed E-state index contributed by atoms with van der Waals surface area (Å²) in [5.74, 6) is 0. The third-order valence-electron chi connectivity index (χ3n) is 4.14. The summed E-state index contributed by atoms with van der Waals surface area (Å²) in [5, 5.41) is 56.0. The fourth-order valence-electron chi connectivity index (χ4n) is 2.72. The molecule has 0 N–H and O–H groups in total. The number of rotatable bonds is 2. The molecule has 11 heteroatoms. The van der Waals surface area contributed by atoms with Crippen LogP contribution in [0.2, 0.25) is 0 Å². The van der Waals surface area contributed by atoms with E-state index in [1.165, 1.54) is 0 Å². The molecule has 2 heterocycles. The Morgan fingerprint density at radius 3 is 1.53 bits per heavy atom. The molecule has 1 aliphatic rings. The summed E-state index contributed by atoms with van der Waals surface area (Å²) in [5.41, 5.74) is -1.76. The lowest BCUT2D eigenvalue weighted by Crippen LogP contribution is -2.21. The highest BCUT2D eigenvalue weighted by molar-refractivity contribution is 6.35. The molecule has 0 aromatic carbocycles. The van der Waals surface area contributed by atoms with E-state index in [2.05, 4.69) is 38.1 Å². The Labute approximate surface area is 180 Å². The van der Waals surface area contributed by atoms with E-state index in [0.717, 1.165) is 6.08 Å². The Morgan fingerprint density at radius 2 is 1.12 bits per heavy atom. The summed E-state index contributed by atoms with van der Waals surface area (Å²) >= 11 is 0. The van der Waals surface area contributed by atoms with Crippen LogP contribution >= 0.6 is 0 Å². The minimum atomic E-state index is -0.320. The van der Waals surface area contributed by atoms with Crippen LogP contribution in [0.15, 0.2) is 35.5 Å². The molecular formula is C21H5N11. The highest BCUT2D eigenvalue weighted by atomic mass is 15.0. The number of nitrogens with zero attached hydrogens (tertiary/aromatic N) is 11. The maximum Gasteiger partial charge on any atom is 0.177 e. The van der Waals surface area contributed by atoms with Crippen molar-refractivity contribution in [2.45, 2.75) is 0 Å². The standard InChI is InChI=1S/C21H5N11/c1-3-11(4-22)12(5-23)28-17-10(2)18-20(30-14(7-25)13(6-24)29-18)21-19(17)31-15(8-26)16(9-27)32-21/h3H,1-2H2/b12-11+,28-17+. The predicted octanol–water partition coefficient (Wildman–Crippen LogP) is 1.72. The molecule has 0 bridgehead atoms. The molecule has 0 atom stereocenters. The number of fused-ring (bicyclic) bond motifs is 3. The summed E-state index contributed by atoms with van der Waals surface area (Å²) in [4.78, 5) is 20.7. The second kappa shape index (κ2) is 8.16. The molecule has 0 spiro atoms.